The normalized spacial score (nSPS) is 15.8. The first-order valence-corrected chi connectivity index (χ1v) is 13.9. The molecule has 2 heterocycles. The van der Waals surface area contributed by atoms with Gasteiger partial charge in [0.15, 0.2) is 5.84 Å². The van der Waals surface area contributed by atoms with E-state index in [1.165, 1.54) is 0 Å². The van der Waals surface area contributed by atoms with Gasteiger partial charge in [-0.05, 0) is 49.2 Å². The molecular weight excluding hydrogens is 649 g/mol. The van der Waals surface area contributed by atoms with E-state index in [2.05, 4.69) is 15.3 Å². The molecule has 47 heavy (non-hydrogen) atoms. The number of alkyl halides is 3. The molecule has 0 saturated carbocycles. The summed E-state index contributed by atoms with van der Waals surface area (Å²) in [6, 6.07) is 14.1. The molecular formula is C31H24ClF3N4O8. The lowest BCUT2D eigenvalue weighted by Crippen LogP contribution is -2.41. The van der Waals surface area contributed by atoms with Crippen molar-refractivity contribution in [2.45, 2.75) is 32.5 Å². The molecule has 0 aliphatic carbocycles. The number of aromatic nitrogens is 1. The zero-order valence-electron chi connectivity index (χ0n) is 24.6. The van der Waals surface area contributed by atoms with Crippen LogP contribution in [0.15, 0.2) is 71.7 Å². The predicted octanol–water partition coefficient (Wildman–Crippen LogP) is 6.98. The molecule has 1 aliphatic rings. The summed E-state index contributed by atoms with van der Waals surface area (Å²) in [6.45, 7) is 5.54. The lowest BCUT2D eigenvalue weighted by Gasteiger charge is -2.21. The summed E-state index contributed by atoms with van der Waals surface area (Å²) in [5.41, 5.74) is -2.30. The average molecular weight is 673 g/mol. The number of hydrogen-bond acceptors (Lipinski definition) is 8. The van der Waals surface area contributed by atoms with Gasteiger partial charge in [-0.1, -0.05) is 43.6 Å². The van der Waals surface area contributed by atoms with Crippen LogP contribution in [-0.2, 0) is 11.0 Å². The second-order valence-corrected chi connectivity index (χ2v) is 11.0. The van der Waals surface area contributed by atoms with Gasteiger partial charge in [-0.15, -0.1) is 0 Å². The second-order valence-electron chi connectivity index (χ2n) is 10.6. The van der Waals surface area contributed by atoms with Crippen molar-refractivity contribution in [3.8, 4) is 11.5 Å². The van der Waals surface area contributed by atoms with Crippen LogP contribution in [0.4, 0.5) is 18.9 Å². The number of nitro groups is 1. The van der Waals surface area contributed by atoms with Gasteiger partial charge >= 0.3 is 18.1 Å². The van der Waals surface area contributed by atoms with Crippen LogP contribution in [0.5, 0.6) is 11.5 Å². The van der Waals surface area contributed by atoms with Crippen molar-refractivity contribution in [3.63, 3.8) is 0 Å². The molecule has 0 radical (unpaired) electrons. The number of fused-ring (bicyclic) bond motifs is 1. The molecule has 12 nitrogen and oxygen atoms in total. The van der Waals surface area contributed by atoms with Crippen molar-refractivity contribution in [1.29, 1.82) is 0 Å². The van der Waals surface area contributed by atoms with Crippen molar-refractivity contribution in [2.24, 2.45) is 10.9 Å². The van der Waals surface area contributed by atoms with Crippen molar-refractivity contribution >= 4 is 51.9 Å². The molecule has 0 fully saturated rings. The molecule has 1 aromatic heterocycles. The summed E-state index contributed by atoms with van der Waals surface area (Å²) >= 11 is 5.72. The maximum Gasteiger partial charge on any atom is 0.416 e. The van der Waals surface area contributed by atoms with E-state index in [1.54, 1.807) is 25.1 Å². The summed E-state index contributed by atoms with van der Waals surface area (Å²) < 4.78 is 42.9. The van der Waals surface area contributed by atoms with E-state index < -0.39 is 45.4 Å². The van der Waals surface area contributed by atoms with Gasteiger partial charge in [-0.2, -0.15) is 13.2 Å². The minimum absolute atomic E-state index is 0.0197. The second kappa shape index (κ2) is 13.0. The largest absolute Gasteiger partial charge is 0.478 e. The quantitative estimate of drug-likeness (QED) is 0.138. The van der Waals surface area contributed by atoms with Crippen molar-refractivity contribution in [3.05, 3.63) is 104 Å². The number of aliphatic imine (C=N–C) groups is 1. The third-order valence-corrected chi connectivity index (χ3v) is 7.52. The van der Waals surface area contributed by atoms with E-state index in [0.717, 1.165) is 35.7 Å². The third kappa shape index (κ3) is 7.30. The molecule has 0 bridgehead atoms. The number of carbonyl (C=O) groups is 3. The minimum Gasteiger partial charge on any atom is -0.478 e. The van der Waals surface area contributed by atoms with Gasteiger partial charge in [0, 0.05) is 17.5 Å². The number of para-hydroxylation sites is 1. The Morgan fingerprint density at radius 1 is 1.02 bits per heavy atom. The van der Waals surface area contributed by atoms with Gasteiger partial charge in [0.25, 0.3) is 11.6 Å². The van der Waals surface area contributed by atoms with Crippen LogP contribution in [0.3, 0.4) is 0 Å². The van der Waals surface area contributed by atoms with Gasteiger partial charge < -0.3 is 20.3 Å². The number of halogens is 4. The Morgan fingerprint density at radius 3 is 2.23 bits per heavy atom. The van der Waals surface area contributed by atoms with Crippen molar-refractivity contribution in [1.82, 2.24) is 10.3 Å². The Hall–Kier alpha value is -5.57. The number of amides is 1. The van der Waals surface area contributed by atoms with E-state index in [1.807, 2.05) is 26.0 Å². The number of benzene rings is 3. The number of nitrogens with one attached hydrogen (secondary N) is 1. The van der Waals surface area contributed by atoms with Gasteiger partial charge in [-0.3, -0.25) is 14.9 Å². The highest BCUT2D eigenvalue weighted by molar-refractivity contribution is 6.32. The number of carboxylic acids is 2. The number of pyridine rings is 1. The fourth-order valence-corrected chi connectivity index (χ4v) is 4.52. The molecule has 244 valence electrons. The first-order chi connectivity index (χ1) is 21.9. The lowest BCUT2D eigenvalue weighted by molar-refractivity contribution is -0.385. The Morgan fingerprint density at radius 2 is 1.68 bits per heavy atom. The van der Waals surface area contributed by atoms with Gasteiger partial charge in [0.05, 0.1) is 26.6 Å². The van der Waals surface area contributed by atoms with Gasteiger partial charge in [0.1, 0.15) is 28.3 Å². The SMILES string of the molecule is CC(C)C1(C)N=C(c2nc3ccccc3cc2C(=O)O)NC1=O.O=C(O)c1cc(Oc2ccc(C(F)(F)F)cc2Cl)ccc1[N+](=O)[O-]. The topological polar surface area (TPSA) is 181 Å². The Kier molecular flexibility index (Phi) is 9.52. The molecule has 1 unspecified atom stereocenters. The summed E-state index contributed by atoms with van der Waals surface area (Å²) in [5.74, 6) is -2.98. The Labute approximate surface area is 268 Å². The summed E-state index contributed by atoms with van der Waals surface area (Å²) in [7, 11) is 0. The first kappa shape index (κ1) is 34.3. The monoisotopic (exact) mass is 672 g/mol. The molecule has 16 heteroatoms. The van der Waals surface area contributed by atoms with Gasteiger partial charge in [-0.25, -0.2) is 19.6 Å². The lowest BCUT2D eigenvalue weighted by atomic mass is 9.89. The number of nitrogens with zero attached hydrogens (tertiary/aromatic N) is 3. The number of aromatic carboxylic acids is 2. The van der Waals surface area contributed by atoms with E-state index in [4.69, 9.17) is 21.4 Å². The minimum atomic E-state index is -4.58. The molecule has 5 rings (SSSR count). The van der Waals surface area contributed by atoms with E-state index >= 15 is 0 Å². The van der Waals surface area contributed by atoms with Crippen molar-refractivity contribution < 1.29 is 47.4 Å². The van der Waals surface area contributed by atoms with Crippen LogP contribution in [-0.4, -0.2) is 49.3 Å². The Balaban J connectivity index is 0.000000213. The number of hydrogen-bond donors (Lipinski definition) is 3. The highest BCUT2D eigenvalue weighted by Gasteiger charge is 2.43. The smallest absolute Gasteiger partial charge is 0.416 e. The van der Waals surface area contributed by atoms with E-state index in [0.29, 0.717) is 11.6 Å². The fourth-order valence-electron chi connectivity index (χ4n) is 4.30. The first-order valence-electron chi connectivity index (χ1n) is 13.5. The maximum absolute atomic E-state index is 12.6. The number of nitro benzene ring substituents is 1. The zero-order chi connectivity index (χ0) is 34.8. The van der Waals surface area contributed by atoms with E-state index in [9.17, 15) is 42.8 Å². The molecule has 4 aromatic rings. The summed E-state index contributed by atoms with van der Waals surface area (Å²) in [5, 5.41) is 32.3. The standard InChI is InChI=1S/C17H17N3O3.C14H7ClF3NO5/c1-9(2)17(3)16(23)19-14(20-17)13-11(15(21)22)8-10-6-4-5-7-12(10)18-13;15-10-5-7(14(16,17)18)1-4-12(10)24-8-2-3-11(19(22)23)9(6-8)13(20)21/h4-9H,1-3H3,(H,21,22)(H,19,20,23);1-6H,(H,20,21). The fraction of sp³-hybridized carbons (Fsp3) is 0.194. The summed E-state index contributed by atoms with van der Waals surface area (Å²) in [4.78, 5) is 53.6. The van der Waals surface area contributed by atoms with Crippen LogP contribution in [0.1, 0.15) is 52.7 Å². The number of rotatable bonds is 7. The molecule has 0 spiro atoms. The third-order valence-electron chi connectivity index (χ3n) is 7.22. The number of carbonyl (C=O) groups excluding carboxylic acids is 1. The highest BCUT2D eigenvalue weighted by atomic mass is 35.5. The molecule has 0 saturated heterocycles. The van der Waals surface area contributed by atoms with Crippen LogP contribution in [0, 0.1) is 16.0 Å². The molecule has 3 aromatic carbocycles. The molecule has 1 amide bonds. The zero-order valence-corrected chi connectivity index (χ0v) is 25.4. The van der Waals surface area contributed by atoms with Crippen LogP contribution in [0.2, 0.25) is 5.02 Å². The van der Waals surface area contributed by atoms with Gasteiger partial charge in [0.2, 0.25) is 0 Å². The number of ether oxygens (including phenoxy) is 1. The molecule has 1 aliphatic heterocycles. The van der Waals surface area contributed by atoms with Crippen LogP contribution < -0.4 is 10.1 Å². The highest BCUT2D eigenvalue weighted by Crippen LogP contribution is 2.37. The predicted molar refractivity (Wildman–Crippen MR) is 163 cm³/mol. The maximum atomic E-state index is 12.6. The Bertz CT molecular complexity index is 1970. The number of amidine groups is 1. The molecule has 3 N–H and O–H groups in total. The van der Waals surface area contributed by atoms with Crippen LogP contribution in [0.25, 0.3) is 10.9 Å². The summed E-state index contributed by atoms with van der Waals surface area (Å²) in [6.07, 6.45) is -4.58. The van der Waals surface area contributed by atoms with Crippen molar-refractivity contribution in [2.75, 3.05) is 0 Å². The number of carboxylic acid groups (broad SMARTS) is 2. The van der Waals surface area contributed by atoms with Crippen LogP contribution >= 0.6 is 11.6 Å². The molecule has 1 atom stereocenters. The van der Waals surface area contributed by atoms with E-state index in [-0.39, 0.29) is 45.4 Å². The average Bonchev–Trinajstić information content (AvgIpc) is 3.32.